The Kier molecular flexibility index (Phi) is 7.42. The molecule has 1 aromatic rings. The highest BCUT2D eigenvalue weighted by Gasteiger charge is 2.08. The molecule has 1 saturated heterocycles. The maximum Gasteiger partial charge on any atom is 0.0478 e. The van der Waals surface area contributed by atoms with E-state index in [1.54, 1.807) is 0 Å². The molecule has 112 valence electrons. The van der Waals surface area contributed by atoms with E-state index in [0.29, 0.717) is 0 Å². The van der Waals surface area contributed by atoms with E-state index in [1.165, 1.54) is 44.5 Å². The Morgan fingerprint density at radius 3 is 2.65 bits per heavy atom. The van der Waals surface area contributed by atoms with E-state index in [9.17, 15) is 0 Å². The fraction of sp³-hybridized carbons (Fsp3) is 0.647. The number of ether oxygens (including phenoxy) is 1. The summed E-state index contributed by atoms with van der Waals surface area (Å²) in [5.41, 5.74) is 1.30. The predicted octanol–water partition coefficient (Wildman–Crippen LogP) is 4.17. The van der Waals surface area contributed by atoms with Crippen molar-refractivity contribution in [1.29, 1.82) is 0 Å². The van der Waals surface area contributed by atoms with Gasteiger partial charge in [0.2, 0.25) is 0 Å². The van der Waals surface area contributed by atoms with Crippen LogP contribution in [0.3, 0.4) is 0 Å². The maximum atomic E-state index is 5.96. The van der Waals surface area contributed by atoms with E-state index in [-0.39, 0.29) is 0 Å². The fourth-order valence-electron chi connectivity index (χ4n) is 2.75. The third kappa shape index (κ3) is 6.25. The van der Waals surface area contributed by atoms with E-state index in [4.69, 9.17) is 16.3 Å². The predicted molar refractivity (Wildman–Crippen MR) is 85.5 cm³/mol. The van der Waals surface area contributed by atoms with Crippen LogP contribution in [0.25, 0.3) is 0 Å². The number of halogens is 1. The van der Waals surface area contributed by atoms with Crippen molar-refractivity contribution in [3.8, 4) is 0 Å². The summed E-state index contributed by atoms with van der Waals surface area (Å²) in [5.74, 6) is 0. The lowest BCUT2D eigenvalue weighted by molar-refractivity contribution is 0.115. The van der Waals surface area contributed by atoms with Gasteiger partial charge in [-0.1, -0.05) is 30.2 Å². The van der Waals surface area contributed by atoms with Gasteiger partial charge in [0.15, 0.2) is 0 Å². The van der Waals surface area contributed by atoms with Gasteiger partial charge < -0.3 is 9.64 Å². The Morgan fingerprint density at radius 1 is 1.05 bits per heavy atom. The van der Waals surface area contributed by atoms with Crippen molar-refractivity contribution in [3.63, 3.8) is 0 Å². The lowest BCUT2D eigenvalue weighted by atomic mass is 10.1. The van der Waals surface area contributed by atoms with Gasteiger partial charge in [-0.3, -0.25) is 0 Å². The Labute approximate surface area is 128 Å². The van der Waals surface area contributed by atoms with Crippen molar-refractivity contribution in [2.75, 3.05) is 32.8 Å². The van der Waals surface area contributed by atoms with E-state index >= 15 is 0 Å². The summed E-state index contributed by atoms with van der Waals surface area (Å²) in [7, 11) is 0. The fourth-order valence-corrected chi connectivity index (χ4v) is 2.96. The molecule has 3 heteroatoms. The van der Waals surface area contributed by atoms with Crippen LogP contribution in [0.4, 0.5) is 0 Å². The Hall–Kier alpha value is -0.570. The standard InChI is InChI=1S/C17H26ClNO/c18-17-9-4-7-16(15-17)8-5-13-20-14-6-12-19-10-2-1-3-11-19/h4,7,9,15H,1-3,5-6,8,10-14H2. The molecular formula is C17H26ClNO. The highest BCUT2D eigenvalue weighted by Crippen LogP contribution is 2.12. The zero-order valence-corrected chi connectivity index (χ0v) is 13.1. The van der Waals surface area contributed by atoms with Crippen LogP contribution in [0.15, 0.2) is 24.3 Å². The SMILES string of the molecule is Clc1cccc(CCCOCCCN2CCCCC2)c1. The van der Waals surface area contributed by atoms with Crippen LogP contribution in [0.1, 0.15) is 37.7 Å². The number of hydrogen-bond acceptors (Lipinski definition) is 2. The number of aryl methyl sites for hydroxylation is 1. The van der Waals surface area contributed by atoms with Crippen molar-refractivity contribution in [2.45, 2.75) is 38.5 Å². The number of benzene rings is 1. The van der Waals surface area contributed by atoms with Crippen molar-refractivity contribution >= 4 is 11.6 Å². The molecule has 0 unspecified atom stereocenters. The molecule has 1 aromatic carbocycles. The average Bonchev–Trinajstić information content (AvgIpc) is 2.47. The van der Waals surface area contributed by atoms with Gasteiger partial charge in [0.05, 0.1) is 0 Å². The molecule has 0 N–H and O–H groups in total. The molecule has 0 saturated carbocycles. The Morgan fingerprint density at radius 2 is 1.85 bits per heavy atom. The maximum absolute atomic E-state index is 5.96. The number of piperidine rings is 1. The lowest BCUT2D eigenvalue weighted by Crippen LogP contribution is -2.31. The van der Waals surface area contributed by atoms with Gasteiger partial charge in [0, 0.05) is 24.8 Å². The van der Waals surface area contributed by atoms with Gasteiger partial charge in [-0.2, -0.15) is 0 Å². The van der Waals surface area contributed by atoms with E-state index in [0.717, 1.165) is 37.5 Å². The van der Waals surface area contributed by atoms with Crippen LogP contribution in [-0.4, -0.2) is 37.7 Å². The average molecular weight is 296 g/mol. The summed E-state index contributed by atoms with van der Waals surface area (Å²) >= 11 is 5.96. The second-order valence-electron chi connectivity index (χ2n) is 5.60. The highest BCUT2D eigenvalue weighted by atomic mass is 35.5. The third-order valence-electron chi connectivity index (χ3n) is 3.85. The van der Waals surface area contributed by atoms with Crippen molar-refractivity contribution in [3.05, 3.63) is 34.9 Å². The van der Waals surface area contributed by atoms with Crippen molar-refractivity contribution < 1.29 is 4.74 Å². The van der Waals surface area contributed by atoms with Crippen molar-refractivity contribution in [1.82, 2.24) is 4.90 Å². The van der Waals surface area contributed by atoms with E-state index in [2.05, 4.69) is 11.0 Å². The van der Waals surface area contributed by atoms with E-state index in [1.807, 2.05) is 18.2 Å². The summed E-state index contributed by atoms with van der Waals surface area (Å²) in [6, 6.07) is 8.10. The van der Waals surface area contributed by atoms with Gasteiger partial charge >= 0.3 is 0 Å². The summed E-state index contributed by atoms with van der Waals surface area (Å²) in [6.07, 6.45) is 7.45. The van der Waals surface area contributed by atoms with Gasteiger partial charge in [-0.05, 0) is 62.9 Å². The summed E-state index contributed by atoms with van der Waals surface area (Å²) in [4.78, 5) is 2.57. The molecule has 0 aromatic heterocycles. The number of rotatable bonds is 8. The summed E-state index contributed by atoms with van der Waals surface area (Å²) in [6.45, 7) is 5.52. The third-order valence-corrected chi connectivity index (χ3v) is 4.09. The van der Waals surface area contributed by atoms with Gasteiger partial charge in [0.25, 0.3) is 0 Å². The Balaban J connectivity index is 1.45. The zero-order valence-electron chi connectivity index (χ0n) is 12.3. The molecule has 2 rings (SSSR count). The van der Waals surface area contributed by atoms with Crippen LogP contribution in [0.5, 0.6) is 0 Å². The second-order valence-corrected chi connectivity index (χ2v) is 6.04. The smallest absolute Gasteiger partial charge is 0.0478 e. The monoisotopic (exact) mass is 295 g/mol. The minimum Gasteiger partial charge on any atom is -0.381 e. The highest BCUT2D eigenvalue weighted by molar-refractivity contribution is 6.30. The van der Waals surface area contributed by atoms with Crippen LogP contribution < -0.4 is 0 Å². The number of likely N-dealkylation sites (tertiary alicyclic amines) is 1. The van der Waals surface area contributed by atoms with Gasteiger partial charge in [-0.15, -0.1) is 0 Å². The molecule has 0 amide bonds. The van der Waals surface area contributed by atoms with Crippen LogP contribution in [0, 0.1) is 0 Å². The molecular weight excluding hydrogens is 270 g/mol. The van der Waals surface area contributed by atoms with Crippen LogP contribution in [-0.2, 0) is 11.2 Å². The van der Waals surface area contributed by atoms with Crippen LogP contribution in [0.2, 0.25) is 5.02 Å². The molecule has 1 aliphatic rings. The first kappa shape index (κ1) is 15.8. The first-order chi connectivity index (χ1) is 9.84. The quantitative estimate of drug-likeness (QED) is 0.668. The first-order valence-electron chi connectivity index (χ1n) is 7.89. The molecule has 0 atom stereocenters. The Bertz CT molecular complexity index is 377. The molecule has 1 heterocycles. The molecule has 1 fully saturated rings. The summed E-state index contributed by atoms with van der Waals surface area (Å²) in [5, 5.41) is 0.824. The molecule has 0 radical (unpaired) electrons. The minimum atomic E-state index is 0.824. The van der Waals surface area contributed by atoms with Crippen LogP contribution >= 0.6 is 11.6 Å². The van der Waals surface area contributed by atoms with Gasteiger partial charge in [0.1, 0.15) is 0 Å². The molecule has 2 nitrogen and oxygen atoms in total. The first-order valence-corrected chi connectivity index (χ1v) is 8.27. The van der Waals surface area contributed by atoms with Crippen molar-refractivity contribution in [2.24, 2.45) is 0 Å². The lowest BCUT2D eigenvalue weighted by Gasteiger charge is -2.26. The molecule has 0 bridgehead atoms. The summed E-state index contributed by atoms with van der Waals surface area (Å²) < 4.78 is 5.72. The number of hydrogen-bond donors (Lipinski definition) is 0. The zero-order chi connectivity index (χ0) is 14.0. The van der Waals surface area contributed by atoms with Gasteiger partial charge in [-0.25, -0.2) is 0 Å². The molecule has 0 aliphatic carbocycles. The largest absolute Gasteiger partial charge is 0.381 e. The molecule has 0 spiro atoms. The van der Waals surface area contributed by atoms with E-state index < -0.39 is 0 Å². The molecule has 20 heavy (non-hydrogen) atoms. The normalized spacial score (nSPS) is 16.4. The number of nitrogens with zero attached hydrogens (tertiary/aromatic N) is 1. The minimum absolute atomic E-state index is 0.824. The second kappa shape index (κ2) is 9.38. The molecule has 1 aliphatic heterocycles. The topological polar surface area (TPSA) is 12.5 Å².